The summed E-state index contributed by atoms with van der Waals surface area (Å²) in [6, 6.07) is 0. The lowest BCUT2D eigenvalue weighted by Crippen LogP contribution is -2.25. The van der Waals surface area contributed by atoms with E-state index >= 15 is 0 Å². The molecule has 1 aromatic rings. The van der Waals surface area contributed by atoms with Crippen LogP contribution in [-0.4, -0.2) is 36.1 Å². The van der Waals surface area contributed by atoms with Crippen molar-refractivity contribution in [1.29, 1.82) is 0 Å². The molecule has 2 saturated heterocycles. The standard InChI is InChI=1S/C12H17FN4/c13-10-11(16-5-1-2-6-16)14-9-15-12(10)17-7-3-4-8-17/h9H,1-8H2. The molecule has 0 atom stereocenters. The molecule has 0 bridgehead atoms. The first kappa shape index (κ1) is 10.7. The van der Waals surface area contributed by atoms with Crippen LogP contribution >= 0.6 is 0 Å². The van der Waals surface area contributed by atoms with Gasteiger partial charge in [-0.05, 0) is 25.7 Å². The van der Waals surface area contributed by atoms with E-state index in [-0.39, 0.29) is 5.82 Å². The van der Waals surface area contributed by atoms with Gasteiger partial charge in [0.1, 0.15) is 6.33 Å². The topological polar surface area (TPSA) is 32.3 Å². The summed E-state index contributed by atoms with van der Waals surface area (Å²) < 4.78 is 14.4. The van der Waals surface area contributed by atoms with Crippen molar-refractivity contribution in [2.24, 2.45) is 0 Å². The smallest absolute Gasteiger partial charge is 0.208 e. The molecule has 2 aliphatic heterocycles. The SMILES string of the molecule is Fc1c(N2CCCC2)ncnc1N1CCCC1. The molecule has 3 heterocycles. The molecular weight excluding hydrogens is 219 g/mol. The highest BCUT2D eigenvalue weighted by Gasteiger charge is 2.24. The maximum Gasteiger partial charge on any atom is 0.208 e. The van der Waals surface area contributed by atoms with E-state index < -0.39 is 0 Å². The molecule has 0 aromatic carbocycles. The van der Waals surface area contributed by atoms with Gasteiger partial charge in [0.2, 0.25) is 5.82 Å². The van der Waals surface area contributed by atoms with Gasteiger partial charge in [-0.25, -0.2) is 9.97 Å². The first-order valence-corrected chi connectivity index (χ1v) is 6.36. The van der Waals surface area contributed by atoms with Gasteiger partial charge in [0, 0.05) is 26.2 Å². The third-order valence-electron chi connectivity index (χ3n) is 3.56. The molecule has 0 spiro atoms. The van der Waals surface area contributed by atoms with Crippen LogP contribution in [0.15, 0.2) is 6.33 Å². The normalized spacial score (nSPS) is 20.3. The first-order chi connectivity index (χ1) is 8.36. The second-order valence-corrected chi connectivity index (χ2v) is 4.72. The number of hydrogen-bond donors (Lipinski definition) is 0. The summed E-state index contributed by atoms with van der Waals surface area (Å²) in [6.45, 7) is 3.64. The Morgan fingerprint density at radius 2 is 1.24 bits per heavy atom. The van der Waals surface area contributed by atoms with Crippen molar-refractivity contribution in [3.05, 3.63) is 12.1 Å². The fourth-order valence-electron chi connectivity index (χ4n) is 2.65. The van der Waals surface area contributed by atoms with Crippen molar-refractivity contribution in [3.8, 4) is 0 Å². The average molecular weight is 236 g/mol. The quantitative estimate of drug-likeness (QED) is 0.784. The maximum absolute atomic E-state index is 14.4. The summed E-state index contributed by atoms with van der Waals surface area (Å²) >= 11 is 0. The van der Waals surface area contributed by atoms with Crippen LogP contribution in [0.25, 0.3) is 0 Å². The van der Waals surface area contributed by atoms with Crippen molar-refractivity contribution in [1.82, 2.24) is 9.97 Å². The zero-order valence-electron chi connectivity index (χ0n) is 9.90. The van der Waals surface area contributed by atoms with Crippen LogP contribution < -0.4 is 9.80 Å². The Morgan fingerprint density at radius 3 is 1.65 bits per heavy atom. The number of halogens is 1. The second-order valence-electron chi connectivity index (χ2n) is 4.72. The molecule has 0 radical (unpaired) electrons. The van der Waals surface area contributed by atoms with E-state index in [4.69, 9.17) is 0 Å². The summed E-state index contributed by atoms with van der Waals surface area (Å²) in [4.78, 5) is 12.3. The summed E-state index contributed by atoms with van der Waals surface area (Å²) in [7, 11) is 0. The van der Waals surface area contributed by atoms with Crippen molar-refractivity contribution < 1.29 is 4.39 Å². The molecule has 2 fully saturated rings. The third-order valence-corrected chi connectivity index (χ3v) is 3.56. The molecule has 5 heteroatoms. The van der Waals surface area contributed by atoms with E-state index in [9.17, 15) is 4.39 Å². The van der Waals surface area contributed by atoms with Crippen LogP contribution in [0.4, 0.5) is 16.0 Å². The highest BCUT2D eigenvalue weighted by Crippen LogP contribution is 2.28. The molecule has 0 aliphatic carbocycles. The second kappa shape index (κ2) is 4.47. The number of rotatable bonds is 2. The fourth-order valence-corrected chi connectivity index (χ4v) is 2.65. The predicted molar refractivity (Wildman–Crippen MR) is 64.9 cm³/mol. The lowest BCUT2D eigenvalue weighted by Gasteiger charge is -2.21. The molecule has 0 saturated carbocycles. The Bertz CT molecular complexity index is 363. The first-order valence-electron chi connectivity index (χ1n) is 6.36. The fraction of sp³-hybridized carbons (Fsp3) is 0.667. The number of anilines is 2. The number of aromatic nitrogens is 2. The van der Waals surface area contributed by atoms with Gasteiger partial charge in [-0.3, -0.25) is 0 Å². The van der Waals surface area contributed by atoms with E-state index in [1.165, 1.54) is 6.33 Å². The van der Waals surface area contributed by atoms with Crippen LogP contribution in [0.2, 0.25) is 0 Å². The minimum Gasteiger partial charge on any atom is -0.354 e. The van der Waals surface area contributed by atoms with E-state index in [1.807, 2.05) is 9.80 Å². The zero-order valence-corrected chi connectivity index (χ0v) is 9.90. The lowest BCUT2D eigenvalue weighted by molar-refractivity contribution is 0.603. The molecular formula is C12H17FN4. The van der Waals surface area contributed by atoms with Crippen molar-refractivity contribution in [2.45, 2.75) is 25.7 Å². The van der Waals surface area contributed by atoms with Gasteiger partial charge in [-0.15, -0.1) is 0 Å². The van der Waals surface area contributed by atoms with Crippen molar-refractivity contribution >= 4 is 11.6 Å². The van der Waals surface area contributed by atoms with Crippen LogP contribution in [0.5, 0.6) is 0 Å². The molecule has 3 rings (SSSR count). The molecule has 1 aromatic heterocycles. The minimum absolute atomic E-state index is 0.240. The highest BCUT2D eigenvalue weighted by molar-refractivity contribution is 5.53. The highest BCUT2D eigenvalue weighted by atomic mass is 19.1. The van der Waals surface area contributed by atoms with Crippen LogP contribution in [-0.2, 0) is 0 Å². The molecule has 4 nitrogen and oxygen atoms in total. The summed E-state index contributed by atoms with van der Waals surface area (Å²) in [5, 5.41) is 0. The van der Waals surface area contributed by atoms with E-state index in [0.29, 0.717) is 11.6 Å². The largest absolute Gasteiger partial charge is 0.354 e. The molecule has 17 heavy (non-hydrogen) atoms. The monoisotopic (exact) mass is 236 g/mol. The summed E-state index contributed by atoms with van der Waals surface area (Å²) in [6.07, 6.45) is 6.00. The Morgan fingerprint density at radius 1 is 0.824 bits per heavy atom. The maximum atomic E-state index is 14.4. The van der Waals surface area contributed by atoms with Crippen LogP contribution in [0.1, 0.15) is 25.7 Å². The lowest BCUT2D eigenvalue weighted by atomic mass is 10.4. The Kier molecular flexibility index (Phi) is 2.82. The number of hydrogen-bond acceptors (Lipinski definition) is 4. The summed E-state index contributed by atoms with van der Waals surface area (Å²) in [5.41, 5.74) is 0. The zero-order chi connectivity index (χ0) is 11.7. The van der Waals surface area contributed by atoms with Gasteiger partial charge in [-0.2, -0.15) is 4.39 Å². The number of nitrogens with zero attached hydrogens (tertiary/aromatic N) is 4. The van der Waals surface area contributed by atoms with Gasteiger partial charge in [0.25, 0.3) is 0 Å². The van der Waals surface area contributed by atoms with Crippen LogP contribution in [0, 0.1) is 5.82 Å². The third kappa shape index (κ3) is 1.94. The van der Waals surface area contributed by atoms with Crippen LogP contribution in [0.3, 0.4) is 0 Å². The Labute approximate surface area is 100 Å². The molecule has 0 amide bonds. The van der Waals surface area contributed by atoms with E-state index in [2.05, 4.69) is 9.97 Å². The van der Waals surface area contributed by atoms with Gasteiger partial charge in [0.15, 0.2) is 11.6 Å². The minimum atomic E-state index is -0.240. The van der Waals surface area contributed by atoms with E-state index in [1.54, 1.807) is 0 Å². The Hall–Kier alpha value is -1.39. The van der Waals surface area contributed by atoms with E-state index in [0.717, 1.165) is 51.9 Å². The molecule has 0 N–H and O–H groups in total. The van der Waals surface area contributed by atoms with Gasteiger partial charge in [-0.1, -0.05) is 0 Å². The molecule has 92 valence electrons. The Balaban J connectivity index is 1.91. The molecule has 2 aliphatic rings. The predicted octanol–water partition coefficient (Wildman–Crippen LogP) is 1.82. The van der Waals surface area contributed by atoms with Gasteiger partial charge in [0.05, 0.1) is 0 Å². The van der Waals surface area contributed by atoms with Crippen molar-refractivity contribution in [3.63, 3.8) is 0 Å². The average Bonchev–Trinajstić information content (AvgIpc) is 3.02. The van der Waals surface area contributed by atoms with Crippen molar-refractivity contribution in [2.75, 3.05) is 36.0 Å². The van der Waals surface area contributed by atoms with Gasteiger partial charge < -0.3 is 9.80 Å². The van der Waals surface area contributed by atoms with Gasteiger partial charge >= 0.3 is 0 Å². The molecule has 0 unspecified atom stereocenters. The summed E-state index contributed by atoms with van der Waals surface area (Å²) in [5.74, 6) is 0.732.